The fraction of sp³-hybridized carbons (Fsp3) is 0.600. The van der Waals surface area contributed by atoms with E-state index in [9.17, 15) is 4.79 Å². The first-order chi connectivity index (χ1) is 10.5. The van der Waals surface area contributed by atoms with Crippen molar-refractivity contribution in [2.45, 2.75) is 59.0 Å². The molecule has 0 saturated carbocycles. The van der Waals surface area contributed by atoms with E-state index in [2.05, 4.69) is 38.9 Å². The molecule has 0 aromatic carbocycles. The molecule has 1 aliphatic heterocycles. The lowest BCUT2D eigenvalue weighted by atomic mass is 10.1. The quantitative estimate of drug-likeness (QED) is 0.941. The number of amides is 1. The molecule has 0 spiro atoms. The number of hydrogen-bond donors (Lipinski definition) is 1. The normalized spacial score (nSPS) is 17.6. The Labute approximate surface area is 134 Å². The third-order valence-corrected chi connectivity index (χ3v) is 5.01. The molecule has 1 aliphatic rings. The Morgan fingerprint density at radius 2 is 2.14 bits per heavy atom. The van der Waals surface area contributed by atoms with Gasteiger partial charge in [0.1, 0.15) is 16.5 Å². The molecule has 6 nitrogen and oxygen atoms in total. The van der Waals surface area contributed by atoms with Gasteiger partial charge in [-0.3, -0.25) is 4.79 Å². The van der Waals surface area contributed by atoms with Crippen molar-refractivity contribution in [1.82, 2.24) is 25.1 Å². The van der Waals surface area contributed by atoms with Crippen molar-refractivity contribution < 1.29 is 4.79 Å². The average Bonchev–Trinajstić information content (AvgIpc) is 3.01. The van der Waals surface area contributed by atoms with Gasteiger partial charge < -0.3 is 9.88 Å². The lowest BCUT2D eigenvalue weighted by Gasteiger charge is -2.25. The Morgan fingerprint density at radius 1 is 1.36 bits per heavy atom. The van der Waals surface area contributed by atoms with Crippen LogP contribution in [0.25, 0.3) is 0 Å². The van der Waals surface area contributed by atoms with E-state index in [1.54, 1.807) is 0 Å². The molecule has 2 aromatic heterocycles. The van der Waals surface area contributed by atoms with Crippen LogP contribution in [0.1, 0.15) is 58.2 Å². The summed E-state index contributed by atoms with van der Waals surface area (Å²) in [6.07, 6.45) is 1.75. The van der Waals surface area contributed by atoms with E-state index < -0.39 is 0 Å². The molecule has 0 unspecified atom stereocenters. The SMILES string of the molecule is Cc1nc(C)c(C(=O)N[C@H]2CCc3nnc(C(C)C)n3C2)s1. The molecular formula is C15H21N5OS. The summed E-state index contributed by atoms with van der Waals surface area (Å²) in [5.74, 6) is 2.34. The summed E-state index contributed by atoms with van der Waals surface area (Å²) in [5, 5.41) is 12.6. The molecule has 1 atom stereocenters. The summed E-state index contributed by atoms with van der Waals surface area (Å²) in [6, 6.07) is 0.121. The molecule has 0 aliphatic carbocycles. The summed E-state index contributed by atoms with van der Waals surface area (Å²) in [4.78, 5) is 17.5. The van der Waals surface area contributed by atoms with Gasteiger partial charge in [0.05, 0.1) is 10.7 Å². The maximum absolute atomic E-state index is 12.4. The lowest BCUT2D eigenvalue weighted by molar-refractivity contribution is 0.0930. The van der Waals surface area contributed by atoms with Crippen LogP contribution in [0.4, 0.5) is 0 Å². The molecule has 1 N–H and O–H groups in total. The number of carbonyl (C=O) groups is 1. The number of nitrogens with one attached hydrogen (secondary N) is 1. The van der Waals surface area contributed by atoms with E-state index in [0.29, 0.717) is 5.92 Å². The van der Waals surface area contributed by atoms with E-state index in [4.69, 9.17) is 0 Å². The van der Waals surface area contributed by atoms with E-state index in [-0.39, 0.29) is 11.9 Å². The summed E-state index contributed by atoms with van der Waals surface area (Å²) in [7, 11) is 0. The highest BCUT2D eigenvalue weighted by Crippen LogP contribution is 2.21. The largest absolute Gasteiger partial charge is 0.347 e. The number of fused-ring (bicyclic) bond motifs is 1. The fourth-order valence-corrected chi connectivity index (χ4v) is 3.71. The Kier molecular flexibility index (Phi) is 3.99. The zero-order chi connectivity index (χ0) is 15.9. The van der Waals surface area contributed by atoms with Crippen molar-refractivity contribution in [2.24, 2.45) is 0 Å². The average molecular weight is 319 g/mol. The fourth-order valence-electron chi connectivity index (χ4n) is 2.89. The molecule has 0 saturated heterocycles. The van der Waals surface area contributed by atoms with E-state index >= 15 is 0 Å². The monoisotopic (exact) mass is 319 g/mol. The predicted octanol–water partition coefficient (Wildman–Crippen LogP) is 2.22. The second-order valence-electron chi connectivity index (χ2n) is 6.10. The van der Waals surface area contributed by atoms with Gasteiger partial charge in [0.25, 0.3) is 5.91 Å². The maximum atomic E-state index is 12.4. The summed E-state index contributed by atoms with van der Waals surface area (Å²) in [6.45, 7) is 8.78. The van der Waals surface area contributed by atoms with Crippen LogP contribution in [0.2, 0.25) is 0 Å². The van der Waals surface area contributed by atoms with Crippen molar-refractivity contribution >= 4 is 17.2 Å². The van der Waals surface area contributed by atoms with Gasteiger partial charge in [-0.2, -0.15) is 0 Å². The number of rotatable bonds is 3. The second-order valence-corrected chi connectivity index (χ2v) is 7.30. The van der Waals surface area contributed by atoms with Gasteiger partial charge in [-0.25, -0.2) is 4.98 Å². The smallest absolute Gasteiger partial charge is 0.263 e. The minimum Gasteiger partial charge on any atom is -0.347 e. The molecule has 7 heteroatoms. The molecule has 22 heavy (non-hydrogen) atoms. The Morgan fingerprint density at radius 3 is 2.77 bits per heavy atom. The van der Waals surface area contributed by atoms with Gasteiger partial charge in [-0.15, -0.1) is 21.5 Å². The Bertz CT molecular complexity index is 703. The van der Waals surface area contributed by atoms with Crippen molar-refractivity contribution in [1.29, 1.82) is 0 Å². The second kappa shape index (κ2) is 5.79. The number of thiazole rings is 1. The van der Waals surface area contributed by atoms with E-state index in [1.807, 2.05) is 13.8 Å². The Balaban J connectivity index is 1.73. The third-order valence-electron chi connectivity index (χ3n) is 3.94. The third kappa shape index (κ3) is 2.77. The number of aromatic nitrogens is 4. The molecule has 2 aromatic rings. The van der Waals surface area contributed by atoms with Crippen molar-refractivity contribution in [3.05, 3.63) is 27.2 Å². The summed E-state index contributed by atoms with van der Waals surface area (Å²) in [5.41, 5.74) is 0.809. The van der Waals surface area contributed by atoms with Gasteiger partial charge in [0.2, 0.25) is 0 Å². The standard InChI is InChI=1S/C15H21N5OS/c1-8(2)14-19-18-12-6-5-11(7-20(12)14)17-15(21)13-9(3)16-10(4)22-13/h8,11H,5-7H2,1-4H3,(H,17,21)/t11-/m0/s1. The zero-order valence-corrected chi connectivity index (χ0v) is 14.2. The summed E-state index contributed by atoms with van der Waals surface area (Å²) >= 11 is 1.45. The Hall–Kier alpha value is -1.76. The van der Waals surface area contributed by atoms with Crippen LogP contribution >= 0.6 is 11.3 Å². The number of aryl methyl sites for hydroxylation is 3. The van der Waals surface area contributed by atoms with Gasteiger partial charge in [0.15, 0.2) is 0 Å². The number of nitrogens with zero attached hydrogens (tertiary/aromatic N) is 4. The zero-order valence-electron chi connectivity index (χ0n) is 13.4. The van der Waals surface area contributed by atoms with Crippen molar-refractivity contribution in [3.8, 4) is 0 Å². The first kappa shape index (κ1) is 15.1. The van der Waals surface area contributed by atoms with Crippen LogP contribution in [-0.4, -0.2) is 31.7 Å². The topological polar surface area (TPSA) is 72.7 Å². The highest BCUT2D eigenvalue weighted by atomic mass is 32.1. The first-order valence-corrected chi connectivity index (χ1v) is 8.44. The van der Waals surface area contributed by atoms with E-state index in [1.165, 1.54) is 11.3 Å². The van der Waals surface area contributed by atoms with Crippen LogP contribution in [0.3, 0.4) is 0 Å². The van der Waals surface area contributed by atoms with Crippen LogP contribution in [0.15, 0.2) is 0 Å². The molecule has 0 radical (unpaired) electrons. The van der Waals surface area contributed by atoms with Gasteiger partial charge >= 0.3 is 0 Å². The van der Waals surface area contributed by atoms with Crippen LogP contribution in [0, 0.1) is 13.8 Å². The molecule has 3 heterocycles. The number of carbonyl (C=O) groups excluding carboxylic acids is 1. The van der Waals surface area contributed by atoms with Gasteiger partial charge in [-0.1, -0.05) is 13.8 Å². The molecule has 3 rings (SSSR count). The highest BCUT2D eigenvalue weighted by molar-refractivity contribution is 7.13. The summed E-state index contributed by atoms with van der Waals surface area (Å²) < 4.78 is 2.16. The van der Waals surface area contributed by atoms with E-state index in [0.717, 1.165) is 46.6 Å². The number of hydrogen-bond acceptors (Lipinski definition) is 5. The maximum Gasteiger partial charge on any atom is 0.263 e. The van der Waals surface area contributed by atoms with Crippen molar-refractivity contribution in [3.63, 3.8) is 0 Å². The minimum atomic E-state index is -0.0179. The van der Waals surface area contributed by atoms with Crippen LogP contribution in [-0.2, 0) is 13.0 Å². The molecule has 0 bridgehead atoms. The molecule has 118 valence electrons. The van der Waals surface area contributed by atoms with Crippen molar-refractivity contribution in [2.75, 3.05) is 0 Å². The van der Waals surface area contributed by atoms with Gasteiger partial charge in [0, 0.05) is 24.9 Å². The van der Waals surface area contributed by atoms with Crippen LogP contribution in [0.5, 0.6) is 0 Å². The highest BCUT2D eigenvalue weighted by Gasteiger charge is 2.26. The molecule has 0 fully saturated rings. The molecular weight excluding hydrogens is 298 g/mol. The predicted molar refractivity (Wildman–Crippen MR) is 85.3 cm³/mol. The lowest BCUT2D eigenvalue weighted by Crippen LogP contribution is -2.41. The van der Waals surface area contributed by atoms with Gasteiger partial charge in [-0.05, 0) is 20.3 Å². The molecule has 1 amide bonds. The minimum absolute atomic E-state index is 0.0179. The first-order valence-electron chi connectivity index (χ1n) is 7.62. The van der Waals surface area contributed by atoms with Crippen LogP contribution < -0.4 is 5.32 Å².